The molecule has 0 aromatic heterocycles. The number of hydrogen-bond donors (Lipinski definition) is 1. The number of anilines is 1. The van der Waals surface area contributed by atoms with Gasteiger partial charge in [-0.1, -0.05) is 20.8 Å². The first-order chi connectivity index (χ1) is 8.84. The van der Waals surface area contributed by atoms with Gasteiger partial charge in [0.25, 0.3) is 0 Å². The van der Waals surface area contributed by atoms with Crippen LogP contribution in [0.3, 0.4) is 0 Å². The van der Waals surface area contributed by atoms with E-state index < -0.39 is 0 Å². The highest BCUT2D eigenvalue weighted by Gasteiger charge is 2.61. The van der Waals surface area contributed by atoms with Gasteiger partial charge in [0, 0.05) is 15.3 Å². The molecule has 0 radical (unpaired) electrons. The Morgan fingerprint density at radius 3 is 2.58 bits per heavy atom. The van der Waals surface area contributed by atoms with Crippen LogP contribution < -0.4 is 5.32 Å². The highest BCUT2D eigenvalue weighted by Crippen LogP contribution is 2.65. The minimum Gasteiger partial charge on any atom is -0.381 e. The molecule has 0 amide bonds. The molecule has 0 spiro atoms. The third-order valence-corrected chi connectivity index (χ3v) is 6.95. The predicted octanol–water partition coefficient (Wildman–Crippen LogP) is 5.06. The van der Waals surface area contributed by atoms with Crippen molar-refractivity contribution >= 4 is 28.3 Å². The molecule has 2 aliphatic carbocycles. The van der Waals surface area contributed by atoms with Crippen LogP contribution >= 0.6 is 22.6 Å². The molecule has 104 valence electrons. The van der Waals surface area contributed by atoms with Gasteiger partial charge < -0.3 is 5.32 Å². The minimum atomic E-state index is -0.158. The summed E-state index contributed by atoms with van der Waals surface area (Å²) in [6.45, 7) is 7.26. The minimum absolute atomic E-state index is 0.158. The maximum absolute atomic E-state index is 13.2. The van der Waals surface area contributed by atoms with Crippen molar-refractivity contribution in [2.45, 2.75) is 46.1 Å². The van der Waals surface area contributed by atoms with Gasteiger partial charge in [-0.2, -0.15) is 0 Å². The number of hydrogen-bond acceptors (Lipinski definition) is 1. The van der Waals surface area contributed by atoms with Crippen LogP contribution in [0.2, 0.25) is 0 Å². The zero-order valence-corrected chi connectivity index (χ0v) is 13.9. The lowest BCUT2D eigenvalue weighted by Crippen LogP contribution is -2.40. The molecule has 1 N–H and O–H groups in total. The fourth-order valence-electron chi connectivity index (χ4n) is 4.22. The lowest BCUT2D eigenvalue weighted by molar-refractivity contribution is 0.142. The summed E-state index contributed by atoms with van der Waals surface area (Å²) < 4.78 is 14.2. The van der Waals surface area contributed by atoms with Crippen molar-refractivity contribution in [2.75, 3.05) is 5.32 Å². The molecule has 1 nitrogen and oxygen atoms in total. The standard InChI is InChI=1S/C16H21FIN/c1-15(2)10-6-7-16(15,3)14(8-10)19-13-5-4-11(17)9-12(13)18/h4-5,9-10,14,19H,6-8H2,1-3H3. The van der Waals surface area contributed by atoms with Crippen LogP contribution in [-0.2, 0) is 0 Å². The van der Waals surface area contributed by atoms with Crippen LogP contribution in [0.1, 0.15) is 40.0 Å². The molecule has 1 aromatic rings. The first kappa shape index (κ1) is 13.7. The lowest BCUT2D eigenvalue weighted by Gasteiger charge is -2.40. The normalized spacial score (nSPS) is 35.6. The van der Waals surface area contributed by atoms with Crippen molar-refractivity contribution in [2.24, 2.45) is 16.7 Å². The third kappa shape index (κ3) is 1.91. The smallest absolute Gasteiger partial charge is 0.124 e. The van der Waals surface area contributed by atoms with E-state index in [1.54, 1.807) is 12.1 Å². The molecule has 3 atom stereocenters. The fourth-order valence-corrected chi connectivity index (χ4v) is 4.85. The third-order valence-electron chi connectivity index (χ3n) is 6.05. The first-order valence-corrected chi connectivity index (χ1v) is 8.14. The van der Waals surface area contributed by atoms with Crippen molar-refractivity contribution in [1.29, 1.82) is 0 Å². The summed E-state index contributed by atoms with van der Waals surface area (Å²) in [5.41, 5.74) is 1.85. The molecule has 3 rings (SSSR count). The van der Waals surface area contributed by atoms with Crippen molar-refractivity contribution in [3.8, 4) is 0 Å². The van der Waals surface area contributed by atoms with Crippen molar-refractivity contribution in [3.63, 3.8) is 0 Å². The zero-order chi connectivity index (χ0) is 13.8. The van der Waals surface area contributed by atoms with Crippen LogP contribution in [0, 0.1) is 26.1 Å². The highest BCUT2D eigenvalue weighted by molar-refractivity contribution is 14.1. The van der Waals surface area contributed by atoms with Gasteiger partial charge in [0.2, 0.25) is 0 Å². The molecule has 0 heterocycles. The predicted molar refractivity (Wildman–Crippen MR) is 85.8 cm³/mol. The Labute approximate surface area is 128 Å². The van der Waals surface area contributed by atoms with E-state index in [4.69, 9.17) is 0 Å². The fraction of sp³-hybridized carbons (Fsp3) is 0.625. The summed E-state index contributed by atoms with van der Waals surface area (Å²) in [4.78, 5) is 0. The Hall–Kier alpha value is -0.320. The van der Waals surface area contributed by atoms with Gasteiger partial charge in [0.15, 0.2) is 0 Å². The molecular formula is C16H21FIN. The number of fused-ring (bicyclic) bond motifs is 2. The molecular weight excluding hydrogens is 352 g/mol. The second-order valence-corrected chi connectivity index (χ2v) is 8.09. The molecule has 2 fully saturated rings. The van der Waals surface area contributed by atoms with Gasteiger partial charge in [0.05, 0.1) is 0 Å². The van der Waals surface area contributed by atoms with Crippen molar-refractivity contribution < 1.29 is 4.39 Å². The summed E-state index contributed by atoms with van der Waals surface area (Å²) in [5, 5.41) is 3.69. The van der Waals surface area contributed by atoms with E-state index in [-0.39, 0.29) is 5.82 Å². The van der Waals surface area contributed by atoms with Crippen LogP contribution in [-0.4, -0.2) is 6.04 Å². The van der Waals surface area contributed by atoms with Crippen LogP contribution in [0.25, 0.3) is 0 Å². The van der Waals surface area contributed by atoms with Crippen LogP contribution in [0.5, 0.6) is 0 Å². The van der Waals surface area contributed by atoms with E-state index in [1.807, 2.05) is 6.07 Å². The summed E-state index contributed by atoms with van der Waals surface area (Å²) >= 11 is 2.21. The topological polar surface area (TPSA) is 12.0 Å². The second-order valence-electron chi connectivity index (χ2n) is 6.93. The summed E-state index contributed by atoms with van der Waals surface area (Å²) in [6, 6.07) is 5.54. The van der Waals surface area contributed by atoms with Gasteiger partial charge in [-0.25, -0.2) is 4.39 Å². The summed E-state index contributed by atoms with van der Waals surface area (Å²) in [5.74, 6) is 0.669. The maximum Gasteiger partial charge on any atom is 0.124 e. The maximum atomic E-state index is 13.2. The Morgan fingerprint density at radius 1 is 1.32 bits per heavy atom. The van der Waals surface area contributed by atoms with Gasteiger partial charge >= 0.3 is 0 Å². The SMILES string of the molecule is CC1(C)C2CCC1(C)C(Nc1ccc(F)cc1I)C2. The average molecular weight is 373 g/mol. The molecule has 1 aromatic carbocycles. The van der Waals surface area contributed by atoms with E-state index in [0.717, 1.165) is 15.2 Å². The molecule has 3 heteroatoms. The molecule has 2 aliphatic rings. The molecule has 2 bridgehead atoms. The largest absolute Gasteiger partial charge is 0.381 e. The van der Waals surface area contributed by atoms with E-state index in [0.29, 0.717) is 16.9 Å². The highest BCUT2D eigenvalue weighted by atomic mass is 127. The van der Waals surface area contributed by atoms with E-state index in [9.17, 15) is 4.39 Å². The second kappa shape index (κ2) is 4.34. The molecule has 0 saturated heterocycles. The Balaban J connectivity index is 1.86. The van der Waals surface area contributed by atoms with Crippen molar-refractivity contribution in [3.05, 3.63) is 27.6 Å². The number of halogens is 2. The zero-order valence-electron chi connectivity index (χ0n) is 11.8. The number of benzene rings is 1. The molecule has 2 saturated carbocycles. The Kier molecular flexibility index (Phi) is 3.12. The van der Waals surface area contributed by atoms with Crippen molar-refractivity contribution in [1.82, 2.24) is 0 Å². The van der Waals surface area contributed by atoms with Gasteiger partial charge in [-0.15, -0.1) is 0 Å². The van der Waals surface area contributed by atoms with E-state index in [2.05, 4.69) is 48.7 Å². The summed E-state index contributed by atoms with van der Waals surface area (Å²) in [6.07, 6.45) is 3.92. The first-order valence-electron chi connectivity index (χ1n) is 7.06. The quantitative estimate of drug-likeness (QED) is 0.715. The van der Waals surface area contributed by atoms with Gasteiger partial charge in [-0.3, -0.25) is 0 Å². The Morgan fingerprint density at radius 2 is 2.05 bits per heavy atom. The number of nitrogens with one attached hydrogen (secondary N) is 1. The summed E-state index contributed by atoms with van der Waals surface area (Å²) in [7, 11) is 0. The lowest BCUT2D eigenvalue weighted by atomic mass is 9.69. The Bertz CT molecular complexity index is 513. The van der Waals surface area contributed by atoms with E-state index >= 15 is 0 Å². The molecule has 0 aliphatic heterocycles. The number of rotatable bonds is 2. The van der Waals surface area contributed by atoms with E-state index in [1.165, 1.54) is 19.3 Å². The average Bonchev–Trinajstić information content (AvgIpc) is 2.65. The monoisotopic (exact) mass is 373 g/mol. The van der Waals surface area contributed by atoms with Crippen LogP contribution in [0.4, 0.5) is 10.1 Å². The molecule has 3 unspecified atom stereocenters. The van der Waals surface area contributed by atoms with Gasteiger partial charge in [0.1, 0.15) is 5.82 Å². The molecule has 19 heavy (non-hydrogen) atoms. The van der Waals surface area contributed by atoms with Gasteiger partial charge in [-0.05, 0) is 76.8 Å². The van der Waals surface area contributed by atoms with Crippen LogP contribution in [0.15, 0.2) is 18.2 Å².